The van der Waals surface area contributed by atoms with Crippen LogP contribution in [-0.4, -0.2) is 34.6 Å². The molecule has 3 heteroatoms. The quantitative estimate of drug-likeness (QED) is 0.902. The SMILES string of the molecule is CNC(Cc1ccc2c(c1)CCC2)C1CSC(C)C(C)S1. The van der Waals surface area contributed by atoms with E-state index in [0.29, 0.717) is 6.04 Å². The van der Waals surface area contributed by atoms with Gasteiger partial charge in [0.05, 0.1) is 0 Å². The zero-order chi connectivity index (χ0) is 14.8. The van der Waals surface area contributed by atoms with E-state index in [9.17, 15) is 0 Å². The maximum atomic E-state index is 3.59. The van der Waals surface area contributed by atoms with E-state index >= 15 is 0 Å². The van der Waals surface area contributed by atoms with Crippen molar-refractivity contribution >= 4 is 23.5 Å². The molecule has 1 aromatic carbocycles. The lowest BCUT2D eigenvalue weighted by Gasteiger charge is -2.36. The smallest absolute Gasteiger partial charge is 0.0298 e. The van der Waals surface area contributed by atoms with E-state index < -0.39 is 0 Å². The number of nitrogens with one attached hydrogen (secondary N) is 1. The average molecular weight is 322 g/mol. The van der Waals surface area contributed by atoms with Crippen molar-refractivity contribution in [2.75, 3.05) is 12.8 Å². The summed E-state index contributed by atoms with van der Waals surface area (Å²) in [6, 6.07) is 7.80. The van der Waals surface area contributed by atoms with Crippen LogP contribution in [0.5, 0.6) is 0 Å². The van der Waals surface area contributed by atoms with Crippen molar-refractivity contribution in [1.29, 1.82) is 0 Å². The lowest BCUT2D eigenvalue weighted by molar-refractivity contribution is 0.554. The van der Waals surface area contributed by atoms with E-state index in [4.69, 9.17) is 0 Å². The number of fused-ring (bicyclic) bond motifs is 1. The number of likely N-dealkylation sites (N-methyl/N-ethyl adjacent to an activating group) is 1. The zero-order valence-corrected chi connectivity index (χ0v) is 15.0. The second kappa shape index (κ2) is 6.97. The molecule has 1 N–H and O–H groups in total. The van der Waals surface area contributed by atoms with Crippen LogP contribution >= 0.6 is 23.5 Å². The molecule has 4 unspecified atom stereocenters. The number of rotatable bonds is 4. The summed E-state index contributed by atoms with van der Waals surface area (Å²) < 4.78 is 0. The maximum absolute atomic E-state index is 3.59. The van der Waals surface area contributed by atoms with E-state index in [2.05, 4.69) is 67.9 Å². The summed E-state index contributed by atoms with van der Waals surface area (Å²) in [4.78, 5) is 0. The van der Waals surface area contributed by atoms with Crippen LogP contribution in [0.4, 0.5) is 0 Å². The fourth-order valence-electron chi connectivity index (χ4n) is 3.44. The molecule has 0 aromatic heterocycles. The van der Waals surface area contributed by atoms with Gasteiger partial charge in [0.2, 0.25) is 0 Å². The molecule has 0 amide bonds. The molecule has 1 aromatic rings. The van der Waals surface area contributed by atoms with Gasteiger partial charge >= 0.3 is 0 Å². The molecule has 0 spiro atoms. The van der Waals surface area contributed by atoms with Gasteiger partial charge in [-0.3, -0.25) is 0 Å². The molecule has 21 heavy (non-hydrogen) atoms. The normalized spacial score (nSPS) is 30.1. The van der Waals surface area contributed by atoms with E-state index in [1.807, 2.05) is 0 Å². The Kier molecular flexibility index (Phi) is 5.23. The number of aryl methyl sites for hydroxylation is 2. The van der Waals surface area contributed by atoms with E-state index in [1.54, 1.807) is 11.1 Å². The summed E-state index contributed by atoms with van der Waals surface area (Å²) in [5.74, 6) is 1.28. The number of hydrogen-bond donors (Lipinski definition) is 1. The Bertz CT molecular complexity index is 488. The Labute approximate surface area is 138 Å². The second-order valence-electron chi connectivity index (χ2n) is 6.47. The summed E-state index contributed by atoms with van der Waals surface area (Å²) in [6.07, 6.45) is 5.09. The lowest BCUT2D eigenvalue weighted by atomic mass is 9.99. The van der Waals surface area contributed by atoms with Gasteiger partial charge in [0.1, 0.15) is 0 Å². The molecule has 3 rings (SSSR count). The third kappa shape index (κ3) is 3.62. The molecule has 0 bridgehead atoms. The predicted octanol–water partition coefficient (Wildman–Crippen LogP) is 3.93. The highest BCUT2D eigenvalue weighted by Crippen LogP contribution is 2.37. The second-order valence-corrected chi connectivity index (χ2v) is 9.51. The third-order valence-corrected chi connectivity index (χ3v) is 8.56. The summed E-state index contributed by atoms with van der Waals surface area (Å²) in [6.45, 7) is 4.75. The van der Waals surface area contributed by atoms with Gasteiger partial charge in [0, 0.05) is 27.5 Å². The van der Waals surface area contributed by atoms with Crippen molar-refractivity contribution < 1.29 is 0 Å². The highest BCUT2D eigenvalue weighted by molar-refractivity contribution is 8.07. The molecular weight excluding hydrogens is 294 g/mol. The summed E-state index contributed by atoms with van der Waals surface area (Å²) >= 11 is 4.34. The van der Waals surface area contributed by atoms with Crippen LogP contribution in [0.2, 0.25) is 0 Å². The van der Waals surface area contributed by atoms with E-state index in [0.717, 1.165) is 15.7 Å². The summed E-state index contributed by atoms with van der Waals surface area (Å²) in [5, 5.41) is 5.89. The van der Waals surface area contributed by atoms with Crippen LogP contribution in [-0.2, 0) is 19.3 Å². The molecule has 1 heterocycles. The van der Waals surface area contributed by atoms with Crippen molar-refractivity contribution in [2.24, 2.45) is 0 Å². The van der Waals surface area contributed by atoms with Gasteiger partial charge in [0.25, 0.3) is 0 Å². The van der Waals surface area contributed by atoms with Crippen LogP contribution in [0.1, 0.15) is 37.0 Å². The van der Waals surface area contributed by atoms with Crippen LogP contribution in [0.25, 0.3) is 0 Å². The van der Waals surface area contributed by atoms with Crippen molar-refractivity contribution in [3.8, 4) is 0 Å². The number of thioether (sulfide) groups is 2. The first-order chi connectivity index (χ1) is 10.2. The molecule has 1 nitrogen and oxygen atoms in total. The topological polar surface area (TPSA) is 12.0 Å². The van der Waals surface area contributed by atoms with Crippen LogP contribution in [0.15, 0.2) is 18.2 Å². The standard InChI is InChI=1S/C18H27NS2/c1-12-13(2)21-18(11-20-12)17(19-3)10-14-7-8-15-5-4-6-16(15)9-14/h7-9,12-13,17-19H,4-6,10-11H2,1-3H3. The van der Waals surface area contributed by atoms with Gasteiger partial charge in [-0.15, -0.1) is 0 Å². The monoisotopic (exact) mass is 321 g/mol. The molecule has 1 aliphatic carbocycles. The van der Waals surface area contributed by atoms with Crippen molar-refractivity contribution in [3.63, 3.8) is 0 Å². The highest BCUT2D eigenvalue weighted by Gasteiger charge is 2.30. The molecule has 4 atom stereocenters. The van der Waals surface area contributed by atoms with Crippen LogP contribution < -0.4 is 5.32 Å². The Morgan fingerprint density at radius 2 is 2.00 bits per heavy atom. The highest BCUT2D eigenvalue weighted by atomic mass is 32.2. The minimum atomic E-state index is 0.594. The Balaban J connectivity index is 1.67. The molecule has 1 saturated heterocycles. The minimum Gasteiger partial charge on any atom is -0.316 e. The molecule has 1 fully saturated rings. The van der Waals surface area contributed by atoms with Gasteiger partial charge in [0.15, 0.2) is 0 Å². The predicted molar refractivity (Wildman–Crippen MR) is 97.8 cm³/mol. The zero-order valence-electron chi connectivity index (χ0n) is 13.4. The molecule has 116 valence electrons. The lowest BCUT2D eigenvalue weighted by Crippen LogP contribution is -2.43. The third-order valence-electron chi connectivity index (χ3n) is 5.01. The van der Waals surface area contributed by atoms with E-state index in [1.165, 1.54) is 37.0 Å². The summed E-state index contributed by atoms with van der Waals surface area (Å²) in [7, 11) is 2.13. The van der Waals surface area contributed by atoms with Gasteiger partial charge in [-0.05, 0) is 49.4 Å². The Morgan fingerprint density at radius 1 is 1.19 bits per heavy atom. The molecule has 0 radical (unpaired) electrons. The molecule has 2 aliphatic rings. The fraction of sp³-hybridized carbons (Fsp3) is 0.667. The molecule has 1 aliphatic heterocycles. The first-order valence-electron chi connectivity index (χ1n) is 8.22. The number of hydrogen-bond acceptors (Lipinski definition) is 3. The first kappa shape index (κ1) is 15.8. The maximum Gasteiger partial charge on any atom is 0.0298 e. The van der Waals surface area contributed by atoms with Crippen molar-refractivity contribution in [1.82, 2.24) is 5.32 Å². The first-order valence-corrected chi connectivity index (χ1v) is 10.2. The average Bonchev–Trinajstić information content (AvgIpc) is 2.95. The Hall–Kier alpha value is -0.120. The van der Waals surface area contributed by atoms with Gasteiger partial charge in [-0.1, -0.05) is 32.0 Å². The molecular formula is C18H27NS2. The molecule has 0 saturated carbocycles. The van der Waals surface area contributed by atoms with Gasteiger partial charge in [-0.2, -0.15) is 23.5 Å². The van der Waals surface area contributed by atoms with Crippen LogP contribution in [0, 0.1) is 0 Å². The van der Waals surface area contributed by atoms with Crippen molar-refractivity contribution in [3.05, 3.63) is 34.9 Å². The van der Waals surface area contributed by atoms with Crippen molar-refractivity contribution in [2.45, 2.75) is 61.3 Å². The van der Waals surface area contributed by atoms with E-state index in [-0.39, 0.29) is 0 Å². The number of benzene rings is 1. The van der Waals surface area contributed by atoms with Gasteiger partial charge in [-0.25, -0.2) is 0 Å². The summed E-state index contributed by atoms with van der Waals surface area (Å²) in [5.41, 5.74) is 4.71. The minimum absolute atomic E-state index is 0.594. The Morgan fingerprint density at radius 3 is 2.76 bits per heavy atom. The van der Waals surface area contributed by atoms with Crippen LogP contribution in [0.3, 0.4) is 0 Å². The largest absolute Gasteiger partial charge is 0.316 e. The van der Waals surface area contributed by atoms with Gasteiger partial charge < -0.3 is 5.32 Å². The fourth-order valence-corrected chi connectivity index (χ4v) is 6.61.